The first-order valence-electron chi connectivity index (χ1n) is 7.74. The number of nitrogens with one attached hydrogen (secondary N) is 1. The Balaban J connectivity index is 2.33. The van der Waals surface area contributed by atoms with E-state index in [-0.39, 0.29) is 18.7 Å². The van der Waals surface area contributed by atoms with Crippen molar-refractivity contribution in [2.45, 2.75) is 32.8 Å². The maximum atomic E-state index is 13.1. The summed E-state index contributed by atoms with van der Waals surface area (Å²) in [6.07, 6.45) is -0.624. The van der Waals surface area contributed by atoms with Gasteiger partial charge in [0.2, 0.25) is 0 Å². The number of Topliss-reactive ketones (excluding diaryl/α,β-unsaturated/α-hetero) is 1. The molecule has 25 heavy (non-hydrogen) atoms. The number of ketones is 1. The number of amides is 1. The van der Waals surface area contributed by atoms with Crippen molar-refractivity contribution >= 4 is 17.7 Å². The average Bonchev–Trinajstić information content (AvgIpc) is 2.88. The number of benzene rings is 1. The molecule has 0 radical (unpaired) electrons. The van der Waals surface area contributed by atoms with E-state index in [0.29, 0.717) is 17.2 Å². The predicted molar refractivity (Wildman–Crippen MR) is 91.1 cm³/mol. The van der Waals surface area contributed by atoms with Crippen molar-refractivity contribution in [1.29, 1.82) is 0 Å². The quantitative estimate of drug-likeness (QED) is 0.864. The van der Waals surface area contributed by atoms with Crippen LogP contribution in [0.5, 0.6) is 0 Å². The zero-order valence-corrected chi connectivity index (χ0v) is 14.4. The Kier molecular flexibility index (Phi) is 5.53. The third-order valence-corrected chi connectivity index (χ3v) is 3.07. The highest BCUT2D eigenvalue weighted by atomic mass is 19.1. The smallest absolute Gasteiger partial charge is 0.413 e. The summed E-state index contributed by atoms with van der Waals surface area (Å²) in [5.74, 6) is -0.274. The Bertz CT molecular complexity index is 763. The molecule has 0 saturated carbocycles. The molecule has 0 saturated heterocycles. The second-order valence-electron chi connectivity index (χ2n) is 6.46. The van der Waals surface area contributed by atoms with Crippen molar-refractivity contribution in [3.63, 3.8) is 0 Å². The number of rotatable bonds is 5. The van der Waals surface area contributed by atoms with E-state index in [0.717, 1.165) is 0 Å². The lowest BCUT2D eigenvalue weighted by molar-refractivity contribution is -0.117. The summed E-state index contributed by atoms with van der Waals surface area (Å²) < 4.78 is 19.8. The molecular formula is C17H21FN4O3. The topological polar surface area (TPSA) is 99.2 Å². The minimum atomic E-state index is -0.664. The molecule has 0 spiro atoms. The molecule has 0 aliphatic carbocycles. The van der Waals surface area contributed by atoms with Crippen LogP contribution in [0, 0.1) is 5.82 Å². The van der Waals surface area contributed by atoms with Crippen LogP contribution in [0.2, 0.25) is 0 Å². The van der Waals surface area contributed by atoms with Crippen LogP contribution in [0.3, 0.4) is 0 Å². The molecule has 1 aromatic heterocycles. The van der Waals surface area contributed by atoms with Crippen LogP contribution in [0.4, 0.5) is 15.0 Å². The summed E-state index contributed by atoms with van der Waals surface area (Å²) in [6, 6.07) is 7.13. The highest BCUT2D eigenvalue weighted by Gasteiger charge is 2.19. The van der Waals surface area contributed by atoms with E-state index in [9.17, 15) is 14.0 Å². The summed E-state index contributed by atoms with van der Waals surface area (Å²) in [4.78, 5) is 23.6. The van der Waals surface area contributed by atoms with E-state index < -0.39 is 17.5 Å². The average molecular weight is 348 g/mol. The van der Waals surface area contributed by atoms with E-state index in [1.807, 2.05) is 0 Å². The summed E-state index contributed by atoms with van der Waals surface area (Å²) >= 11 is 0. The molecule has 2 rings (SSSR count). The van der Waals surface area contributed by atoms with Gasteiger partial charge in [0, 0.05) is 6.07 Å². The summed E-state index contributed by atoms with van der Waals surface area (Å²) in [5, 5.41) is 6.89. The Hall–Kier alpha value is -2.74. The second-order valence-corrected chi connectivity index (χ2v) is 6.46. The Labute approximate surface area is 145 Å². The molecule has 1 aromatic carbocycles. The fraction of sp³-hybridized carbons (Fsp3) is 0.353. The molecule has 2 aromatic rings. The number of anilines is 1. The van der Waals surface area contributed by atoms with Crippen LogP contribution in [0.1, 0.15) is 26.5 Å². The molecular weight excluding hydrogens is 327 g/mol. The van der Waals surface area contributed by atoms with Gasteiger partial charge in [-0.25, -0.2) is 13.9 Å². The zero-order chi connectivity index (χ0) is 18.6. The van der Waals surface area contributed by atoms with Gasteiger partial charge in [-0.1, -0.05) is 0 Å². The molecule has 0 fully saturated rings. The third kappa shape index (κ3) is 5.39. The lowest BCUT2D eigenvalue weighted by atomic mass is 10.2. The highest BCUT2D eigenvalue weighted by molar-refractivity contribution is 5.85. The Morgan fingerprint density at radius 1 is 1.28 bits per heavy atom. The van der Waals surface area contributed by atoms with Gasteiger partial charge in [0.1, 0.15) is 17.2 Å². The van der Waals surface area contributed by atoms with Crippen LogP contribution in [-0.2, 0) is 16.0 Å². The highest BCUT2D eigenvalue weighted by Crippen LogP contribution is 2.19. The second kappa shape index (κ2) is 7.43. The van der Waals surface area contributed by atoms with Crippen LogP contribution in [0.15, 0.2) is 30.3 Å². The van der Waals surface area contributed by atoms with Gasteiger partial charge in [-0.2, -0.15) is 5.10 Å². The maximum Gasteiger partial charge on any atom is 0.413 e. The summed E-state index contributed by atoms with van der Waals surface area (Å²) in [7, 11) is 0. The Morgan fingerprint density at radius 2 is 1.92 bits per heavy atom. The van der Waals surface area contributed by atoms with Crippen molar-refractivity contribution in [3.05, 3.63) is 41.8 Å². The summed E-state index contributed by atoms with van der Waals surface area (Å²) in [5.41, 5.74) is 5.63. The third-order valence-electron chi connectivity index (χ3n) is 3.07. The van der Waals surface area contributed by atoms with Gasteiger partial charge >= 0.3 is 6.09 Å². The number of ether oxygens (including phenoxy) is 1. The van der Waals surface area contributed by atoms with E-state index in [1.165, 1.54) is 28.9 Å². The van der Waals surface area contributed by atoms with Crippen molar-refractivity contribution in [1.82, 2.24) is 9.78 Å². The number of aromatic nitrogens is 2. The van der Waals surface area contributed by atoms with E-state index >= 15 is 0 Å². The molecule has 0 atom stereocenters. The van der Waals surface area contributed by atoms with Gasteiger partial charge < -0.3 is 10.5 Å². The van der Waals surface area contributed by atoms with Gasteiger partial charge in [-0.05, 0) is 45.0 Å². The monoisotopic (exact) mass is 348 g/mol. The number of hydrogen-bond donors (Lipinski definition) is 2. The SMILES string of the molecule is CC(C)(C)OC(=O)Nc1cc(CC(=O)CN)nn1-c1ccc(F)cc1. The van der Waals surface area contributed by atoms with E-state index in [4.69, 9.17) is 10.5 Å². The maximum absolute atomic E-state index is 13.1. The number of carbonyl (C=O) groups excluding carboxylic acids is 2. The molecule has 0 bridgehead atoms. The van der Waals surface area contributed by atoms with Crippen molar-refractivity contribution in [3.8, 4) is 5.69 Å². The molecule has 3 N–H and O–H groups in total. The number of carbonyl (C=O) groups is 2. The van der Waals surface area contributed by atoms with E-state index in [2.05, 4.69) is 10.4 Å². The van der Waals surface area contributed by atoms with Gasteiger partial charge in [0.05, 0.1) is 24.3 Å². The molecule has 1 amide bonds. The largest absolute Gasteiger partial charge is 0.444 e. The van der Waals surface area contributed by atoms with Gasteiger partial charge in [-0.3, -0.25) is 10.1 Å². The first-order chi connectivity index (χ1) is 11.7. The molecule has 0 aliphatic rings. The molecule has 134 valence electrons. The first kappa shape index (κ1) is 18.6. The van der Waals surface area contributed by atoms with Crippen molar-refractivity contribution in [2.75, 3.05) is 11.9 Å². The molecule has 0 aliphatic heterocycles. The van der Waals surface area contributed by atoms with Gasteiger partial charge in [0.15, 0.2) is 5.78 Å². The Morgan fingerprint density at radius 3 is 2.48 bits per heavy atom. The predicted octanol–water partition coefficient (Wildman–Crippen LogP) is 2.43. The molecule has 1 heterocycles. The van der Waals surface area contributed by atoms with Crippen molar-refractivity contribution < 1.29 is 18.7 Å². The zero-order valence-electron chi connectivity index (χ0n) is 14.4. The normalized spacial score (nSPS) is 11.2. The lowest BCUT2D eigenvalue weighted by Crippen LogP contribution is -2.27. The van der Waals surface area contributed by atoms with E-state index in [1.54, 1.807) is 26.8 Å². The first-order valence-corrected chi connectivity index (χ1v) is 7.74. The van der Waals surface area contributed by atoms with Crippen molar-refractivity contribution in [2.24, 2.45) is 5.73 Å². The van der Waals surface area contributed by atoms with Crippen LogP contribution in [-0.4, -0.2) is 33.8 Å². The standard InChI is InChI=1S/C17H21FN4O3/c1-17(2,3)25-16(24)20-15-9-12(8-14(23)10-19)21-22(15)13-6-4-11(18)5-7-13/h4-7,9H,8,10,19H2,1-3H3,(H,20,24). The van der Waals surface area contributed by atoms with Crippen LogP contribution < -0.4 is 11.1 Å². The van der Waals surface area contributed by atoms with Gasteiger partial charge in [-0.15, -0.1) is 0 Å². The van der Waals surface area contributed by atoms with Crippen LogP contribution in [0.25, 0.3) is 5.69 Å². The lowest BCUT2D eigenvalue weighted by Gasteiger charge is -2.19. The number of hydrogen-bond acceptors (Lipinski definition) is 5. The number of nitrogens with zero attached hydrogens (tertiary/aromatic N) is 2. The molecule has 0 unspecified atom stereocenters. The minimum absolute atomic E-state index is 0.0354. The van der Waals surface area contributed by atoms with Crippen LogP contribution >= 0.6 is 0 Å². The molecule has 8 heteroatoms. The number of halogens is 1. The fourth-order valence-electron chi connectivity index (χ4n) is 2.07. The minimum Gasteiger partial charge on any atom is -0.444 e. The fourth-order valence-corrected chi connectivity index (χ4v) is 2.07. The number of nitrogens with two attached hydrogens (primary N) is 1. The summed E-state index contributed by atoms with van der Waals surface area (Å²) in [6.45, 7) is 5.14. The molecule has 7 nitrogen and oxygen atoms in total. The van der Waals surface area contributed by atoms with Gasteiger partial charge in [0.25, 0.3) is 0 Å².